The van der Waals surface area contributed by atoms with Crippen molar-refractivity contribution >= 4 is 44.5 Å². The van der Waals surface area contributed by atoms with Gasteiger partial charge in [0, 0.05) is 0 Å². The van der Waals surface area contributed by atoms with Crippen LogP contribution < -0.4 is 15.4 Å². The minimum atomic E-state index is -0.918. The summed E-state index contributed by atoms with van der Waals surface area (Å²) in [6, 6.07) is 4.03. The number of fused-ring (bicyclic) bond motifs is 1. The number of hydrogen-bond donors (Lipinski definition) is 2. The number of benzene rings is 1. The van der Waals surface area contributed by atoms with E-state index < -0.39 is 23.5 Å². The molecule has 142 valence electrons. The van der Waals surface area contributed by atoms with Gasteiger partial charge in [0.2, 0.25) is 5.91 Å². The molecule has 4 amide bonds. The van der Waals surface area contributed by atoms with Crippen molar-refractivity contribution in [1.82, 2.24) is 15.2 Å². The lowest BCUT2D eigenvalue weighted by molar-refractivity contribution is -0.136. The Morgan fingerprint density at radius 1 is 1.37 bits per heavy atom. The van der Waals surface area contributed by atoms with E-state index in [1.807, 2.05) is 12.1 Å². The molecule has 1 saturated carbocycles. The number of imide groups is 1. The van der Waals surface area contributed by atoms with Gasteiger partial charge < -0.3 is 15.4 Å². The topological polar surface area (TPSA) is 101 Å². The largest absolute Gasteiger partial charge is 0.497 e. The van der Waals surface area contributed by atoms with Crippen LogP contribution in [-0.4, -0.2) is 46.4 Å². The van der Waals surface area contributed by atoms with Gasteiger partial charge in [-0.25, -0.2) is 14.7 Å². The first-order valence-electron chi connectivity index (χ1n) is 8.85. The van der Waals surface area contributed by atoms with Crippen LogP contribution in [-0.2, 0) is 9.59 Å². The summed E-state index contributed by atoms with van der Waals surface area (Å²) < 4.78 is 6.06. The molecule has 1 spiro atoms. The molecule has 0 radical (unpaired) electrons. The lowest BCUT2D eigenvalue weighted by Crippen LogP contribution is -2.48. The minimum absolute atomic E-state index is 0.304. The van der Waals surface area contributed by atoms with Crippen LogP contribution in [0.25, 0.3) is 10.2 Å². The minimum Gasteiger partial charge on any atom is -0.497 e. The summed E-state index contributed by atoms with van der Waals surface area (Å²) in [5, 5.41) is 5.93. The molecule has 4 rings (SSSR count). The van der Waals surface area contributed by atoms with Crippen molar-refractivity contribution in [3.05, 3.63) is 18.2 Å². The molecule has 2 aliphatic rings. The predicted octanol–water partition coefficient (Wildman–Crippen LogP) is 2.50. The Kier molecular flexibility index (Phi) is 4.26. The summed E-state index contributed by atoms with van der Waals surface area (Å²) >= 11 is 1.31. The first-order valence-corrected chi connectivity index (χ1v) is 9.66. The van der Waals surface area contributed by atoms with Gasteiger partial charge in [-0.2, -0.15) is 0 Å². The van der Waals surface area contributed by atoms with E-state index in [0.717, 1.165) is 28.0 Å². The van der Waals surface area contributed by atoms with Crippen molar-refractivity contribution < 1.29 is 19.1 Å². The first-order chi connectivity index (χ1) is 12.9. The molecule has 2 heterocycles. The lowest BCUT2D eigenvalue weighted by Gasteiger charge is -2.23. The number of nitrogens with one attached hydrogen (secondary N) is 2. The summed E-state index contributed by atoms with van der Waals surface area (Å²) in [7, 11) is 1.59. The molecular weight excluding hydrogens is 368 g/mol. The molecule has 2 aromatic rings. The van der Waals surface area contributed by atoms with Crippen molar-refractivity contribution in [2.24, 2.45) is 0 Å². The van der Waals surface area contributed by atoms with Gasteiger partial charge >= 0.3 is 6.03 Å². The van der Waals surface area contributed by atoms with E-state index >= 15 is 0 Å². The Morgan fingerprint density at radius 3 is 2.81 bits per heavy atom. The van der Waals surface area contributed by atoms with Gasteiger partial charge in [-0.1, -0.05) is 24.2 Å². The molecule has 1 aliphatic carbocycles. The molecule has 2 N–H and O–H groups in total. The van der Waals surface area contributed by atoms with Crippen LogP contribution in [0.3, 0.4) is 0 Å². The van der Waals surface area contributed by atoms with Gasteiger partial charge in [-0.05, 0) is 38.0 Å². The van der Waals surface area contributed by atoms with Crippen LogP contribution in [0, 0.1) is 0 Å². The van der Waals surface area contributed by atoms with Gasteiger partial charge in [0.05, 0.1) is 17.3 Å². The molecule has 27 heavy (non-hydrogen) atoms. The number of rotatable bonds is 4. The zero-order chi connectivity index (χ0) is 19.2. The van der Waals surface area contributed by atoms with Gasteiger partial charge in [-0.15, -0.1) is 0 Å². The molecule has 1 aliphatic heterocycles. The van der Waals surface area contributed by atoms with E-state index in [9.17, 15) is 14.4 Å². The Hall–Kier alpha value is -2.68. The van der Waals surface area contributed by atoms with Crippen molar-refractivity contribution in [3.63, 3.8) is 0 Å². The van der Waals surface area contributed by atoms with Crippen LogP contribution in [0.15, 0.2) is 18.2 Å². The van der Waals surface area contributed by atoms with Crippen LogP contribution >= 0.6 is 11.3 Å². The number of carbonyl (C=O) groups is 3. The number of anilines is 1. The van der Waals surface area contributed by atoms with E-state index in [2.05, 4.69) is 15.6 Å². The van der Waals surface area contributed by atoms with E-state index in [1.54, 1.807) is 20.1 Å². The normalized spacial score (nSPS) is 19.6. The second-order valence-corrected chi connectivity index (χ2v) is 7.94. The highest BCUT2D eigenvalue weighted by atomic mass is 32.1. The second-order valence-electron chi connectivity index (χ2n) is 6.91. The van der Waals surface area contributed by atoms with E-state index in [0.29, 0.717) is 23.7 Å². The van der Waals surface area contributed by atoms with E-state index in [-0.39, 0.29) is 5.91 Å². The van der Waals surface area contributed by atoms with E-state index in [4.69, 9.17) is 4.74 Å². The molecule has 9 heteroatoms. The highest BCUT2D eigenvalue weighted by Gasteiger charge is 2.54. The van der Waals surface area contributed by atoms with Gasteiger partial charge in [0.15, 0.2) is 5.13 Å². The summed E-state index contributed by atoms with van der Waals surface area (Å²) in [6.07, 6.45) is 3.05. The number of carbonyl (C=O) groups excluding carboxylic acids is 3. The Bertz CT molecular complexity index is 935. The number of amides is 4. The van der Waals surface area contributed by atoms with Crippen molar-refractivity contribution in [2.45, 2.75) is 44.2 Å². The quantitative estimate of drug-likeness (QED) is 0.784. The smallest absolute Gasteiger partial charge is 0.325 e. The highest BCUT2D eigenvalue weighted by molar-refractivity contribution is 7.22. The maximum Gasteiger partial charge on any atom is 0.325 e. The molecular formula is C18H20N4O4S. The van der Waals surface area contributed by atoms with Crippen molar-refractivity contribution in [2.75, 3.05) is 12.4 Å². The predicted molar refractivity (Wildman–Crippen MR) is 101 cm³/mol. The first kappa shape index (κ1) is 17.7. The summed E-state index contributed by atoms with van der Waals surface area (Å²) in [6.45, 7) is 1.55. The molecule has 1 atom stereocenters. The van der Waals surface area contributed by atoms with Crippen molar-refractivity contribution in [1.29, 1.82) is 0 Å². The second kappa shape index (κ2) is 6.49. The van der Waals surface area contributed by atoms with Gasteiger partial charge in [-0.3, -0.25) is 9.59 Å². The lowest BCUT2D eigenvalue weighted by atomic mass is 9.97. The standard InChI is InChI=1S/C18H20N4O4S/c1-10(22-15(24)18(21-17(22)25)7-3-4-8-18)14(23)20-16-19-12-6-5-11(26-2)9-13(12)27-16/h5-6,9-10H,3-4,7-8H2,1-2H3,(H,21,25)(H,19,20,23). The number of thiazole rings is 1. The average Bonchev–Trinajstić information content (AvgIpc) is 3.33. The maximum absolute atomic E-state index is 12.8. The number of urea groups is 1. The monoisotopic (exact) mass is 388 g/mol. The summed E-state index contributed by atoms with van der Waals surface area (Å²) in [4.78, 5) is 43.2. The third-order valence-corrected chi connectivity index (χ3v) is 6.18. The van der Waals surface area contributed by atoms with Gasteiger partial charge in [0.1, 0.15) is 17.3 Å². The summed E-state index contributed by atoms with van der Waals surface area (Å²) in [5.74, 6) is -0.0418. The average molecular weight is 388 g/mol. The zero-order valence-electron chi connectivity index (χ0n) is 15.1. The molecule has 1 saturated heterocycles. The number of methoxy groups -OCH3 is 1. The fourth-order valence-corrected chi connectivity index (χ4v) is 4.62. The Balaban J connectivity index is 1.51. The Labute approximate surface area is 159 Å². The maximum atomic E-state index is 12.8. The highest BCUT2D eigenvalue weighted by Crippen LogP contribution is 2.36. The third kappa shape index (κ3) is 2.91. The molecule has 1 unspecified atom stereocenters. The SMILES string of the molecule is COc1ccc2nc(NC(=O)C(C)N3C(=O)NC4(CCCC4)C3=O)sc2c1. The van der Waals surface area contributed by atoms with Crippen LogP contribution in [0.1, 0.15) is 32.6 Å². The molecule has 0 bridgehead atoms. The van der Waals surface area contributed by atoms with Crippen molar-refractivity contribution in [3.8, 4) is 5.75 Å². The number of aromatic nitrogens is 1. The molecule has 8 nitrogen and oxygen atoms in total. The Morgan fingerprint density at radius 2 is 2.11 bits per heavy atom. The van der Waals surface area contributed by atoms with Crippen LogP contribution in [0.4, 0.5) is 9.93 Å². The van der Waals surface area contributed by atoms with E-state index in [1.165, 1.54) is 11.3 Å². The van der Waals surface area contributed by atoms with Crippen LogP contribution in [0.5, 0.6) is 5.75 Å². The fraction of sp³-hybridized carbons (Fsp3) is 0.444. The van der Waals surface area contributed by atoms with Gasteiger partial charge in [0.25, 0.3) is 5.91 Å². The van der Waals surface area contributed by atoms with Crippen LogP contribution in [0.2, 0.25) is 0 Å². The summed E-state index contributed by atoms with van der Waals surface area (Å²) in [5.41, 5.74) is -0.0819. The molecule has 1 aromatic heterocycles. The third-order valence-electron chi connectivity index (χ3n) is 5.24. The number of ether oxygens (including phenoxy) is 1. The fourth-order valence-electron chi connectivity index (χ4n) is 3.72. The zero-order valence-corrected chi connectivity index (χ0v) is 15.9. The molecule has 1 aromatic carbocycles. The number of hydrogen-bond acceptors (Lipinski definition) is 6. The number of nitrogens with zero attached hydrogens (tertiary/aromatic N) is 2. The molecule has 2 fully saturated rings.